The smallest absolute Gasteiger partial charge is 0.748 e. The van der Waals surface area contributed by atoms with E-state index in [0.717, 1.165) is 29.6 Å². The molecular formula is C26H24N6Na4O13S6. The summed E-state index contributed by atoms with van der Waals surface area (Å²) in [5.74, 6) is -0.422. The van der Waals surface area contributed by atoms with Crippen molar-refractivity contribution < 1.29 is 177 Å². The van der Waals surface area contributed by atoms with E-state index >= 15 is 0 Å². The molecule has 0 saturated heterocycles. The molecule has 0 atom stereocenters. The van der Waals surface area contributed by atoms with Crippen molar-refractivity contribution in [3.05, 3.63) is 48.5 Å². The van der Waals surface area contributed by atoms with Gasteiger partial charge in [-0.1, -0.05) is 29.6 Å². The van der Waals surface area contributed by atoms with Crippen molar-refractivity contribution in [1.82, 2.24) is 15.0 Å². The minimum atomic E-state index is -4.95. The van der Waals surface area contributed by atoms with E-state index in [-0.39, 0.29) is 181 Å². The molecule has 29 heteroatoms. The molecule has 276 valence electrons. The normalized spacial score (nSPS) is 11.6. The first kappa shape index (κ1) is 55.8. The number of benzene rings is 3. The van der Waals surface area contributed by atoms with E-state index in [2.05, 4.69) is 39.9 Å². The molecular weight excluding hydrogens is 889 g/mol. The van der Waals surface area contributed by atoms with Crippen LogP contribution in [0.1, 0.15) is 12.8 Å². The molecule has 1 N–H and O–H groups in total. The number of ether oxygens (including phenoxy) is 1. The number of nitrogens with one attached hydrogen (secondary N) is 1. The SMILES string of the molecule is COc1cc(N=Nc2ccc3cc(SOO[O-])cc(S(=O)(=O)[O-])c3c2)ccc1Nc1nc(SCCCS(=O)(=O)[O-])nc(SCCCS(=O)(=O)[O-])n1.[Na+].[Na+].[Na+].[Na+]. The van der Waals surface area contributed by atoms with Crippen LogP contribution < -0.4 is 134 Å². The molecule has 4 rings (SSSR count). The van der Waals surface area contributed by atoms with Gasteiger partial charge >= 0.3 is 118 Å². The molecule has 1 heterocycles. The first-order chi connectivity index (χ1) is 24.0. The van der Waals surface area contributed by atoms with Crippen molar-refractivity contribution >= 4 is 99.7 Å². The van der Waals surface area contributed by atoms with Crippen LogP contribution in [-0.4, -0.2) is 84.0 Å². The van der Waals surface area contributed by atoms with E-state index in [0.29, 0.717) is 28.8 Å². The van der Waals surface area contributed by atoms with Gasteiger partial charge in [-0.15, -0.1) is 0 Å². The number of hydrogen-bond acceptors (Lipinski definition) is 22. The van der Waals surface area contributed by atoms with Gasteiger partial charge in [0.25, 0.3) is 0 Å². The minimum absolute atomic E-state index is 0. The summed E-state index contributed by atoms with van der Waals surface area (Å²) in [4.78, 5) is 12.5. The predicted octanol–water partition coefficient (Wildman–Crippen LogP) is -8.60. The Hall–Kier alpha value is 0.790. The van der Waals surface area contributed by atoms with E-state index in [1.165, 1.54) is 37.4 Å². The average Bonchev–Trinajstić information content (AvgIpc) is 3.05. The van der Waals surface area contributed by atoms with Gasteiger partial charge in [-0.2, -0.15) is 29.5 Å². The van der Waals surface area contributed by atoms with Gasteiger partial charge in [0.1, 0.15) is 15.9 Å². The third-order valence-electron chi connectivity index (χ3n) is 6.15. The Labute approximate surface area is 418 Å². The molecule has 0 spiro atoms. The Kier molecular flexibility index (Phi) is 26.6. The minimum Gasteiger partial charge on any atom is -0.748 e. The second kappa shape index (κ2) is 26.2. The van der Waals surface area contributed by atoms with Gasteiger partial charge in [0.05, 0.1) is 61.3 Å². The summed E-state index contributed by atoms with van der Waals surface area (Å²) in [5.41, 5.74) is 0.884. The zero-order valence-electron chi connectivity index (χ0n) is 29.9. The first-order valence-corrected chi connectivity index (χ1v) is 21.2. The number of thioether (sulfide) groups is 2. The summed E-state index contributed by atoms with van der Waals surface area (Å²) in [6.45, 7) is 0. The van der Waals surface area contributed by atoms with E-state index in [9.17, 15) is 44.2 Å². The van der Waals surface area contributed by atoms with E-state index in [4.69, 9.17) is 4.74 Å². The monoisotopic (exact) mass is 912 g/mol. The maximum Gasteiger partial charge on any atom is 1.00 e. The largest absolute Gasteiger partial charge is 1.00 e. The third-order valence-corrected chi connectivity index (χ3v) is 11.0. The summed E-state index contributed by atoms with van der Waals surface area (Å²) in [6, 6.07) is 11.5. The van der Waals surface area contributed by atoms with Crippen LogP contribution >= 0.6 is 35.6 Å². The average molecular weight is 913 g/mol. The number of hydrogen-bond donors (Lipinski definition) is 1. The number of methoxy groups -OCH3 is 1. The number of nitrogens with zero attached hydrogens (tertiary/aromatic N) is 5. The number of rotatable bonds is 19. The van der Waals surface area contributed by atoms with Gasteiger partial charge in [0.15, 0.2) is 10.3 Å². The summed E-state index contributed by atoms with van der Waals surface area (Å²) in [5, 5.41) is 25.5. The van der Waals surface area contributed by atoms with Crippen molar-refractivity contribution in [2.24, 2.45) is 10.2 Å². The van der Waals surface area contributed by atoms with E-state index in [1.807, 2.05) is 0 Å². The molecule has 4 aromatic rings. The second-order valence-electron chi connectivity index (χ2n) is 9.86. The fourth-order valence-corrected chi connectivity index (χ4v) is 8.26. The molecule has 0 aliphatic heterocycles. The quantitative estimate of drug-likeness (QED) is 0.0134. The van der Waals surface area contributed by atoms with E-state index < -0.39 is 46.8 Å². The van der Waals surface area contributed by atoms with Crippen LogP contribution in [-0.2, 0) is 39.7 Å². The predicted molar refractivity (Wildman–Crippen MR) is 180 cm³/mol. The van der Waals surface area contributed by atoms with Crippen molar-refractivity contribution in [1.29, 1.82) is 0 Å². The topological polar surface area (TPSA) is 298 Å². The summed E-state index contributed by atoms with van der Waals surface area (Å²) >= 11 is 2.57. The number of anilines is 2. The molecule has 0 bridgehead atoms. The van der Waals surface area contributed by atoms with Gasteiger partial charge in [0, 0.05) is 39.4 Å². The molecule has 0 radical (unpaired) electrons. The standard InChI is InChI=1S/C26H28N6O13S6.4Na/c1-43-22-14-18(32-31-17-5-4-16-12-19(48-45-44-33)15-23(20(16)13-17)51(40,41)42)6-7-21(22)27-24-28-25(46-8-2-10-49(34,35)36)30-26(29-24)47-9-3-11-50(37,38)39;;;;/h4-7,12-15,33H,2-3,8-11H2,1H3,(H,34,35,36)(H,37,38,39)(H,40,41,42)(H,27,28,29,30);;;;/q;4*+1/p-4. The molecule has 0 fully saturated rings. The molecule has 0 aliphatic carbocycles. The Bertz CT molecular complexity index is 2190. The number of azo groups is 1. The number of fused-ring (bicyclic) bond motifs is 1. The molecule has 55 heavy (non-hydrogen) atoms. The van der Waals surface area contributed by atoms with Gasteiger partial charge in [-0.3, -0.25) is 5.04 Å². The summed E-state index contributed by atoms with van der Waals surface area (Å²) in [6.07, 6.45) is 0.0945. The van der Waals surface area contributed by atoms with Crippen molar-refractivity contribution in [2.75, 3.05) is 35.4 Å². The molecule has 0 amide bonds. The van der Waals surface area contributed by atoms with Crippen LogP contribution in [0.2, 0.25) is 0 Å². The molecule has 19 nitrogen and oxygen atoms in total. The number of aromatic nitrogens is 3. The van der Waals surface area contributed by atoms with Gasteiger partial charge in [0.2, 0.25) is 5.95 Å². The fraction of sp³-hybridized carbons (Fsp3) is 0.269. The molecule has 1 aromatic heterocycles. The van der Waals surface area contributed by atoms with Gasteiger partial charge in [-0.05, 0) is 54.6 Å². The molecule has 0 aliphatic rings. The van der Waals surface area contributed by atoms with Crippen LogP contribution in [0.5, 0.6) is 5.75 Å². The summed E-state index contributed by atoms with van der Waals surface area (Å²) < 4.78 is 111. The van der Waals surface area contributed by atoms with Crippen LogP contribution in [0.4, 0.5) is 23.0 Å². The van der Waals surface area contributed by atoms with Crippen molar-refractivity contribution in [3.8, 4) is 5.75 Å². The van der Waals surface area contributed by atoms with Crippen LogP contribution in [0.3, 0.4) is 0 Å². The van der Waals surface area contributed by atoms with Gasteiger partial charge < -0.3 is 29.0 Å². The van der Waals surface area contributed by atoms with Crippen molar-refractivity contribution in [2.45, 2.75) is 32.9 Å². The second-order valence-corrected chi connectivity index (χ2v) is 17.2. The Balaban J connectivity index is 0.00000729. The molecule has 0 unspecified atom stereocenters. The Morgan fingerprint density at radius 3 is 1.80 bits per heavy atom. The van der Waals surface area contributed by atoms with Crippen molar-refractivity contribution in [3.63, 3.8) is 0 Å². The van der Waals surface area contributed by atoms with Crippen LogP contribution in [0, 0.1) is 0 Å². The van der Waals surface area contributed by atoms with Crippen LogP contribution in [0.15, 0.2) is 78.9 Å². The zero-order valence-corrected chi connectivity index (χ0v) is 42.8. The summed E-state index contributed by atoms with van der Waals surface area (Å²) in [7, 11) is -12.4. The first-order valence-electron chi connectivity index (χ1n) is 14.0. The fourth-order valence-electron chi connectivity index (χ4n) is 4.06. The zero-order chi connectivity index (χ0) is 37.2. The van der Waals surface area contributed by atoms with E-state index in [1.54, 1.807) is 12.1 Å². The molecule has 0 saturated carbocycles. The van der Waals surface area contributed by atoms with Crippen LogP contribution in [0.25, 0.3) is 10.8 Å². The van der Waals surface area contributed by atoms with Gasteiger partial charge in [-0.25, -0.2) is 25.3 Å². The maximum atomic E-state index is 12.0. The Morgan fingerprint density at radius 1 is 0.745 bits per heavy atom. The maximum absolute atomic E-state index is 12.0. The molecule has 3 aromatic carbocycles. The third kappa shape index (κ3) is 19.8. The Morgan fingerprint density at radius 2 is 1.29 bits per heavy atom.